The minimum absolute atomic E-state index is 0.0978. The number of hydrogen-bond donors (Lipinski definition) is 1. The quantitative estimate of drug-likeness (QED) is 0.589. The highest BCUT2D eigenvalue weighted by atomic mass is 35.5. The Hall–Kier alpha value is -1.57. The second-order valence-electron chi connectivity index (χ2n) is 5.34. The lowest BCUT2D eigenvalue weighted by atomic mass is 10.0. The summed E-state index contributed by atoms with van der Waals surface area (Å²) in [4.78, 5) is 17.9. The van der Waals surface area contributed by atoms with E-state index in [4.69, 9.17) is 39.9 Å². The van der Waals surface area contributed by atoms with Gasteiger partial charge in [-0.05, 0) is 37.0 Å². The van der Waals surface area contributed by atoms with E-state index in [1.54, 1.807) is 0 Å². The van der Waals surface area contributed by atoms with Crippen LogP contribution in [0.2, 0.25) is 10.0 Å². The zero-order valence-corrected chi connectivity index (χ0v) is 15.3. The van der Waals surface area contributed by atoms with Crippen molar-refractivity contribution in [3.63, 3.8) is 0 Å². The van der Waals surface area contributed by atoms with Gasteiger partial charge in [0.2, 0.25) is 0 Å². The molecule has 1 aromatic heterocycles. The monoisotopic (exact) mass is 426 g/mol. The van der Waals surface area contributed by atoms with E-state index in [1.807, 2.05) is 0 Å². The molecule has 0 aliphatic carbocycles. The second kappa shape index (κ2) is 8.88. The number of aromatic nitrogens is 2. The highest BCUT2D eigenvalue weighted by molar-refractivity contribution is 6.34. The summed E-state index contributed by atoms with van der Waals surface area (Å²) in [6, 6.07) is 2.38. The Morgan fingerprint density at radius 2 is 1.92 bits per heavy atom. The molecule has 0 saturated heterocycles. The summed E-state index contributed by atoms with van der Waals surface area (Å²) in [7, 11) is 0. The number of nitrogens with zero attached hydrogens (tertiary/aromatic N) is 2. The highest BCUT2D eigenvalue weighted by Gasteiger charge is 2.21. The first kappa shape index (κ1) is 20.7. The zero-order chi connectivity index (χ0) is 19.4. The van der Waals surface area contributed by atoms with Crippen molar-refractivity contribution < 1.29 is 23.1 Å². The van der Waals surface area contributed by atoms with Crippen molar-refractivity contribution >= 4 is 40.8 Å². The first-order valence-electron chi connectivity index (χ1n) is 7.36. The van der Waals surface area contributed by atoms with Crippen molar-refractivity contribution in [1.29, 1.82) is 0 Å². The fourth-order valence-electron chi connectivity index (χ4n) is 2.29. The molecule has 2 rings (SSSR count). The third-order valence-electron chi connectivity index (χ3n) is 3.59. The van der Waals surface area contributed by atoms with Gasteiger partial charge in [-0.3, -0.25) is 4.79 Å². The summed E-state index contributed by atoms with van der Waals surface area (Å²) < 4.78 is 40.1. The van der Waals surface area contributed by atoms with Crippen LogP contribution in [0.5, 0.6) is 0 Å². The first-order valence-corrected chi connectivity index (χ1v) is 8.55. The number of aryl methyl sites for hydroxylation is 1. The fraction of sp³-hybridized carbons (Fsp3) is 0.312. The van der Waals surface area contributed by atoms with Crippen LogP contribution in [0.15, 0.2) is 18.5 Å². The van der Waals surface area contributed by atoms with Gasteiger partial charge >= 0.3 is 5.97 Å². The average Bonchev–Trinajstić information content (AvgIpc) is 2.56. The number of hydrogen-bond acceptors (Lipinski definition) is 3. The molecule has 1 atom stereocenters. The molecule has 1 unspecified atom stereocenters. The van der Waals surface area contributed by atoms with Gasteiger partial charge in [0.1, 0.15) is 23.2 Å². The van der Waals surface area contributed by atoms with Crippen molar-refractivity contribution in [2.75, 3.05) is 0 Å². The number of halogens is 6. The van der Waals surface area contributed by atoms with Gasteiger partial charge in [-0.1, -0.05) is 23.2 Å². The Balaban J connectivity index is 2.34. The molecule has 2 aromatic rings. The van der Waals surface area contributed by atoms with Crippen LogP contribution in [0.1, 0.15) is 30.5 Å². The normalized spacial score (nSPS) is 12.4. The summed E-state index contributed by atoms with van der Waals surface area (Å²) in [5.41, 5.74) is -0.475. The molecule has 4 nitrogen and oxygen atoms in total. The van der Waals surface area contributed by atoms with E-state index >= 15 is 0 Å². The lowest BCUT2D eigenvalue weighted by Gasteiger charge is -2.12. The first-order chi connectivity index (χ1) is 12.2. The topological polar surface area (TPSA) is 63.1 Å². The van der Waals surface area contributed by atoms with Crippen molar-refractivity contribution in [2.24, 2.45) is 0 Å². The summed E-state index contributed by atoms with van der Waals surface area (Å²) in [6.45, 7) is 0. The van der Waals surface area contributed by atoms with Gasteiger partial charge in [0.05, 0.1) is 10.7 Å². The lowest BCUT2D eigenvalue weighted by molar-refractivity contribution is -0.136. The van der Waals surface area contributed by atoms with Gasteiger partial charge in [-0.15, -0.1) is 11.6 Å². The Kier molecular flexibility index (Phi) is 7.08. The van der Waals surface area contributed by atoms with Gasteiger partial charge in [-0.2, -0.15) is 0 Å². The van der Waals surface area contributed by atoms with E-state index in [9.17, 15) is 18.0 Å². The molecule has 0 spiro atoms. The molecule has 0 aliphatic rings. The van der Waals surface area contributed by atoms with E-state index in [1.165, 1.54) is 6.07 Å². The van der Waals surface area contributed by atoms with Crippen LogP contribution in [-0.4, -0.2) is 26.4 Å². The number of carboxylic acids is 1. The van der Waals surface area contributed by atoms with Crippen molar-refractivity contribution in [3.05, 3.63) is 45.6 Å². The number of benzene rings is 1. The van der Waals surface area contributed by atoms with Crippen LogP contribution in [0.3, 0.4) is 0 Å². The Labute approximate surface area is 161 Å². The number of carboxylic acid groups (broad SMARTS) is 1. The second-order valence-corrected chi connectivity index (χ2v) is 6.66. The third kappa shape index (κ3) is 4.78. The maximum atomic E-state index is 14.3. The minimum atomic E-state index is -2.93. The number of alkyl halides is 3. The molecule has 26 heavy (non-hydrogen) atoms. The van der Waals surface area contributed by atoms with Crippen LogP contribution in [0, 0.1) is 5.82 Å². The van der Waals surface area contributed by atoms with E-state index in [0.29, 0.717) is 18.4 Å². The average molecular weight is 428 g/mol. The number of rotatable bonds is 7. The van der Waals surface area contributed by atoms with Crippen molar-refractivity contribution in [3.8, 4) is 11.3 Å². The van der Waals surface area contributed by atoms with Crippen molar-refractivity contribution in [1.82, 2.24) is 9.97 Å². The van der Waals surface area contributed by atoms with Gasteiger partial charge in [0.25, 0.3) is 6.43 Å². The van der Waals surface area contributed by atoms with Crippen LogP contribution in [-0.2, 0) is 11.2 Å². The molecule has 0 aliphatic heterocycles. The summed E-state index contributed by atoms with van der Waals surface area (Å²) in [5, 5.41) is 7.40. The lowest BCUT2D eigenvalue weighted by Crippen LogP contribution is -2.13. The van der Waals surface area contributed by atoms with Gasteiger partial charge in [0.15, 0.2) is 0 Å². The summed E-state index contributed by atoms with van der Waals surface area (Å²) >= 11 is 17.6. The van der Waals surface area contributed by atoms with Crippen LogP contribution in [0.25, 0.3) is 11.3 Å². The third-order valence-corrected chi connectivity index (χ3v) is 4.72. The molecule has 1 aromatic carbocycles. The Bertz CT molecular complexity index is 822. The summed E-state index contributed by atoms with van der Waals surface area (Å²) in [6.07, 6.45) is -1.18. The smallest absolute Gasteiger partial charge is 0.321 e. The molecule has 0 fully saturated rings. The molecule has 10 heteroatoms. The molecule has 140 valence electrons. The van der Waals surface area contributed by atoms with E-state index < -0.39 is 34.3 Å². The Morgan fingerprint density at radius 3 is 2.54 bits per heavy atom. The molecular weight excluding hydrogens is 416 g/mol. The minimum Gasteiger partial charge on any atom is -0.480 e. The van der Waals surface area contributed by atoms with Crippen molar-refractivity contribution in [2.45, 2.75) is 31.1 Å². The number of aliphatic carboxylic acids is 1. The van der Waals surface area contributed by atoms with Gasteiger partial charge in [0, 0.05) is 10.6 Å². The van der Waals surface area contributed by atoms with E-state index in [0.717, 1.165) is 12.4 Å². The molecule has 0 saturated carbocycles. The molecule has 0 bridgehead atoms. The SMILES string of the molecule is O=C(O)C(Cl)CCCc1cc(-c2ncnc(C(F)F)c2Cl)c(F)cc1Cl. The molecular formula is C16H12Cl3F3N2O2. The molecule has 1 N–H and O–H groups in total. The predicted octanol–water partition coefficient (Wildman–Crippen LogP) is 5.54. The largest absolute Gasteiger partial charge is 0.480 e. The zero-order valence-electron chi connectivity index (χ0n) is 13.0. The van der Waals surface area contributed by atoms with Crippen LogP contribution in [0.4, 0.5) is 13.2 Å². The molecule has 0 radical (unpaired) electrons. The standard InChI is InChI=1S/C16H12Cl3F3N2O2/c17-9(16(25)26)3-1-2-7-4-8(11(20)5-10(7)18)13-12(19)14(15(21)22)24-6-23-13/h4-6,9,15H,1-3H2,(H,25,26). The maximum Gasteiger partial charge on any atom is 0.321 e. The molecule has 1 heterocycles. The van der Waals surface area contributed by atoms with Gasteiger partial charge < -0.3 is 5.11 Å². The van der Waals surface area contributed by atoms with Crippen LogP contribution < -0.4 is 0 Å². The maximum absolute atomic E-state index is 14.3. The highest BCUT2D eigenvalue weighted by Crippen LogP contribution is 2.35. The van der Waals surface area contributed by atoms with E-state index in [2.05, 4.69) is 9.97 Å². The molecule has 0 amide bonds. The van der Waals surface area contributed by atoms with Crippen LogP contribution >= 0.6 is 34.8 Å². The predicted molar refractivity (Wildman–Crippen MR) is 92.6 cm³/mol. The fourth-order valence-corrected chi connectivity index (χ4v) is 2.97. The van der Waals surface area contributed by atoms with Gasteiger partial charge in [-0.25, -0.2) is 23.1 Å². The number of carbonyl (C=O) groups is 1. The summed E-state index contributed by atoms with van der Waals surface area (Å²) in [5.74, 6) is -1.91. The Morgan fingerprint density at radius 1 is 1.23 bits per heavy atom. The van der Waals surface area contributed by atoms with E-state index in [-0.39, 0.29) is 22.7 Å².